The zero-order valence-electron chi connectivity index (χ0n) is 13.4. The number of amides is 1. The summed E-state index contributed by atoms with van der Waals surface area (Å²) in [6.45, 7) is -0.385. The third kappa shape index (κ3) is 5.01. The van der Waals surface area contributed by atoms with Crippen LogP contribution < -0.4 is 9.62 Å². The third-order valence-electron chi connectivity index (χ3n) is 4.02. The number of halogens is 4. The number of alkyl halides is 3. The quantitative estimate of drug-likeness (QED) is 0.801. The van der Waals surface area contributed by atoms with E-state index >= 15 is 0 Å². The fourth-order valence-corrected chi connectivity index (χ4v) is 3.62. The van der Waals surface area contributed by atoms with Crippen molar-refractivity contribution in [3.05, 3.63) is 28.8 Å². The maximum atomic E-state index is 13.2. The fourth-order valence-electron chi connectivity index (χ4n) is 2.51. The zero-order chi connectivity index (χ0) is 18.8. The molecule has 140 valence electrons. The van der Waals surface area contributed by atoms with E-state index in [-0.39, 0.29) is 29.9 Å². The summed E-state index contributed by atoms with van der Waals surface area (Å²) in [7, 11) is -3.98. The molecular weight excluding hydrogens is 381 g/mol. The normalized spacial score (nSPS) is 15.6. The van der Waals surface area contributed by atoms with Gasteiger partial charge < -0.3 is 5.32 Å². The van der Waals surface area contributed by atoms with E-state index in [0.29, 0.717) is 10.4 Å². The lowest BCUT2D eigenvalue weighted by atomic mass is 9.85. The van der Waals surface area contributed by atoms with Crippen molar-refractivity contribution in [1.82, 2.24) is 5.32 Å². The van der Waals surface area contributed by atoms with Crippen molar-refractivity contribution in [3.63, 3.8) is 0 Å². The number of rotatable bonds is 6. The lowest BCUT2D eigenvalue weighted by Gasteiger charge is -2.27. The predicted molar refractivity (Wildman–Crippen MR) is 89.0 cm³/mol. The Morgan fingerprint density at radius 1 is 1.36 bits per heavy atom. The van der Waals surface area contributed by atoms with Gasteiger partial charge in [0.05, 0.1) is 24.1 Å². The van der Waals surface area contributed by atoms with E-state index in [2.05, 4.69) is 5.32 Å². The van der Waals surface area contributed by atoms with E-state index < -0.39 is 27.5 Å². The van der Waals surface area contributed by atoms with Crippen molar-refractivity contribution >= 4 is 33.2 Å². The van der Waals surface area contributed by atoms with Crippen LogP contribution in [0.25, 0.3) is 0 Å². The summed E-state index contributed by atoms with van der Waals surface area (Å²) in [5, 5.41) is 2.42. The Kier molecular flexibility index (Phi) is 5.88. The van der Waals surface area contributed by atoms with Crippen LogP contribution in [0.15, 0.2) is 18.2 Å². The highest BCUT2D eigenvalue weighted by atomic mass is 35.5. The third-order valence-corrected chi connectivity index (χ3v) is 5.44. The van der Waals surface area contributed by atoms with Crippen LogP contribution in [0.2, 0.25) is 5.02 Å². The minimum atomic E-state index is -4.77. The molecule has 10 heteroatoms. The van der Waals surface area contributed by atoms with Crippen LogP contribution in [0, 0.1) is 5.92 Å². The number of sulfonamides is 1. The summed E-state index contributed by atoms with van der Waals surface area (Å²) in [6.07, 6.45) is -1.44. The van der Waals surface area contributed by atoms with E-state index in [9.17, 15) is 26.4 Å². The van der Waals surface area contributed by atoms with Crippen molar-refractivity contribution < 1.29 is 26.4 Å². The number of carbonyl (C=O) groups excluding carboxylic acids is 1. The van der Waals surface area contributed by atoms with Gasteiger partial charge in [0.15, 0.2) is 0 Å². The molecule has 0 bridgehead atoms. The van der Waals surface area contributed by atoms with Crippen molar-refractivity contribution in [2.75, 3.05) is 23.7 Å². The average molecular weight is 399 g/mol. The van der Waals surface area contributed by atoms with Gasteiger partial charge in [-0.3, -0.25) is 9.10 Å². The van der Waals surface area contributed by atoms with Gasteiger partial charge in [0.1, 0.15) is 0 Å². The molecule has 0 spiro atoms. The van der Waals surface area contributed by atoms with Gasteiger partial charge in [0.2, 0.25) is 15.9 Å². The van der Waals surface area contributed by atoms with Crippen LogP contribution in [0.3, 0.4) is 0 Å². The van der Waals surface area contributed by atoms with Crippen molar-refractivity contribution in [2.45, 2.75) is 25.4 Å². The summed E-state index contributed by atoms with van der Waals surface area (Å²) in [5.41, 5.74) is -1.66. The Labute approximate surface area is 149 Å². The first-order valence-corrected chi connectivity index (χ1v) is 9.85. The summed E-state index contributed by atoms with van der Waals surface area (Å²) < 4.78 is 64.3. The molecule has 1 aliphatic rings. The number of nitrogens with one attached hydrogen (secondary N) is 1. The summed E-state index contributed by atoms with van der Waals surface area (Å²) in [5.74, 6) is -0.292. The molecule has 0 radical (unpaired) electrons. The number of nitrogens with zero attached hydrogens (tertiary/aromatic N) is 1. The van der Waals surface area contributed by atoms with Crippen LogP contribution in [-0.2, 0) is 21.0 Å². The minimum absolute atomic E-state index is 0.0810. The molecule has 25 heavy (non-hydrogen) atoms. The topological polar surface area (TPSA) is 66.5 Å². The number of carbonyl (C=O) groups is 1. The highest BCUT2D eigenvalue weighted by Crippen LogP contribution is 2.38. The van der Waals surface area contributed by atoms with Crippen molar-refractivity contribution in [1.29, 1.82) is 0 Å². The first-order valence-electron chi connectivity index (χ1n) is 7.62. The molecule has 0 atom stereocenters. The van der Waals surface area contributed by atoms with Crippen LogP contribution in [0.1, 0.15) is 24.8 Å². The van der Waals surface area contributed by atoms with E-state index in [4.69, 9.17) is 11.6 Å². The van der Waals surface area contributed by atoms with E-state index in [1.807, 2.05) is 0 Å². The molecule has 1 N–H and O–H groups in total. The van der Waals surface area contributed by atoms with E-state index in [0.717, 1.165) is 31.6 Å². The molecule has 5 nitrogen and oxygen atoms in total. The largest absolute Gasteiger partial charge is 0.418 e. The zero-order valence-corrected chi connectivity index (χ0v) is 15.0. The Hall–Kier alpha value is -1.48. The van der Waals surface area contributed by atoms with E-state index in [1.165, 1.54) is 6.07 Å². The molecule has 0 unspecified atom stereocenters. The molecule has 1 amide bonds. The van der Waals surface area contributed by atoms with Crippen LogP contribution in [0.5, 0.6) is 0 Å². The maximum absolute atomic E-state index is 13.2. The molecule has 1 aromatic carbocycles. The lowest BCUT2D eigenvalue weighted by molar-refractivity contribution is -0.137. The lowest BCUT2D eigenvalue weighted by Crippen LogP contribution is -2.41. The second-order valence-corrected chi connectivity index (χ2v) is 8.26. The molecule has 1 aliphatic carbocycles. The maximum Gasteiger partial charge on any atom is 0.418 e. The number of anilines is 1. The average Bonchev–Trinajstić information content (AvgIpc) is 2.40. The molecule has 0 saturated heterocycles. The summed E-state index contributed by atoms with van der Waals surface area (Å²) in [4.78, 5) is 11.8. The molecule has 1 fully saturated rings. The van der Waals surface area contributed by atoms with Gasteiger partial charge >= 0.3 is 6.18 Å². The Balaban J connectivity index is 2.22. The molecule has 0 aromatic heterocycles. The number of benzene rings is 1. The second kappa shape index (κ2) is 7.41. The standard InChI is InChI=1S/C15H18ClF3N2O3S/c1-25(23,24)21(8-7-20-14(22)10-3-2-4-10)13-6-5-11(16)9-12(13)15(17,18)19/h5-6,9-10H,2-4,7-8H2,1H3,(H,20,22). The smallest absolute Gasteiger partial charge is 0.354 e. The highest BCUT2D eigenvalue weighted by molar-refractivity contribution is 7.92. The second-order valence-electron chi connectivity index (χ2n) is 5.91. The molecule has 1 aromatic rings. The first-order chi connectivity index (χ1) is 11.5. The minimum Gasteiger partial charge on any atom is -0.354 e. The van der Waals surface area contributed by atoms with Crippen LogP contribution in [0.4, 0.5) is 18.9 Å². The van der Waals surface area contributed by atoms with Crippen LogP contribution >= 0.6 is 11.6 Å². The van der Waals surface area contributed by atoms with Crippen LogP contribution in [-0.4, -0.2) is 33.7 Å². The Bertz CT molecular complexity index is 749. The Morgan fingerprint density at radius 3 is 2.48 bits per heavy atom. The van der Waals surface area contributed by atoms with Gasteiger partial charge in [-0.1, -0.05) is 18.0 Å². The van der Waals surface area contributed by atoms with Crippen molar-refractivity contribution in [2.24, 2.45) is 5.92 Å². The van der Waals surface area contributed by atoms with Crippen molar-refractivity contribution in [3.8, 4) is 0 Å². The van der Waals surface area contributed by atoms with Gasteiger partial charge in [-0.25, -0.2) is 8.42 Å². The molecule has 0 heterocycles. The SMILES string of the molecule is CS(=O)(=O)N(CCNC(=O)C1CCC1)c1ccc(Cl)cc1C(F)(F)F. The molecule has 1 saturated carbocycles. The van der Waals surface area contributed by atoms with Gasteiger partial charge in [-0.2, -0.15) is 13.2 Å². The van der Waals surface area contributed by atoms with Gasteiger partial charge in [0, 0.05) is 17.5 Å². The fraction of sp³-hybridized carbons (Fsp3) is 0.533. The Morgan fingerprint density at radius 2 is 2.00 bits per heavy atom. The molecule has 0 aliphatic heterocycles. The van der Waals surface area contributed by atoms with E-state index in [1.54, 1.807) is 0 Å². The van der Waals surface area contributed by atoms with Gasteiger partial charge in [-0.05, 0) is 31.0 Å². The van der Waals surface area contributed by atoms with Gasteiger partial charge in [-0.15, -0.1) is 0 Å². The van der Waals surface area contributed by atoms with Gasteiger partial charge in [0.25, 0.3) is 0 Å². The summed E-state index contributed by atoms with van der Waals surface area (Å²) in [6, 6.07) is 2.89. The summed E-state index contributed by atoms with van der Waals surface area (Å²) >= 11 is 5.62. The molecule has 2 rings (SSSR count). The number of hydrogen-bond donors (Lipinski definition) is 1. The number of hydrogen-bond acceptors (Lipinski definition) is 3. The first kappa shape index (κ1) is 19.8. The predicted octanol–water partition coefficient (Wildman–Crippen LogP) is 3.04. The molecular formula is C15H18ClF3N2O3S. The highest BCUT2D eigenvalue weighted by Gasteiger charge is 2.37. The monoisotopic (exact) mass is 398 g/mol.